The Morgan fingerprint density at radius 2 is 2.00 bits per heavy atom. The smallest absolute Gasteiger partial charge is 0.337 e. The van der Waals surface area contributed by atoms with Crippen LogP contribution in [0.4, 0.5) is 4.39 Å². The lowest BCUT2D eigenvalue weighted by atomic mass is 10.0. The molecule has 1 aromatic heterocycles. The van der Waals surface area contributed by atoms with Crippen LogP contribution in [-0.4, -0.2) is 16.1 Å². The Morgan fingerprint density at radius 1 is 1.20 bits per heavy atom. The molecule has 4 heteroatoms. The molecule has 0 spiro atoms. The number of carbonyl (C=O) groups is 1. The molecule has 0 amide bonds. The average molecular weight is 269 g/mol. The van der Waals surface area contributed by atoms with E-state index in [0.29, 0.717) is 16.5 Å². The number of hydrogen-bond donors (Lipinski definition) is 2. The quantitative estimate of drug-likeness (QED) is 0.739. The number of carboxylic acid groups (broad SMARTS) is 1. The molecule has 0 saturated carbocycles. The van der Waals surface area contributed by atoms with E-state index in [2.05, 4.69) is 4.98 Å². The molecule has 0 unspecified atom stereocenters. The molecule has 0 aliphatic heterocycles. The van der Waals surface area contributed by atoms with E-state index < -0.39 is 5.97 Å². The van der Waals surface area contributed by atoms with Crippen LogP contribution in [0, 0.1) is 12.7 Å². The molecule has 20 heavy (non-hydrogen) atoms. The van der Waals surface area contributed by atoms with E-state index in [9.17, 15) is 9.18 Å². The Labute approximate surface area is 114 Å². The first-order valence-corrected chi connectivity index (χ1v) is 6.17. The summed E-state index contributed by atoms with van der Waals surface area (Å²) >= 11 is 0. The molecule has 3 aromatic rings. The maximum atomic E-state index is 14.0. The van der Waals surface area contributed by atoms with Crippen LogP contribution in [0.2, 0.25) is 0 Å². The average Bonchev–Trinajstić information content (AvgIpc) is 2.81. The van der Waals surface area contributed by atoms with Crippen LogP contribution in [0.3, 0.4) is 0 Å². The summed E-state index contributed by atoms with van der Waals surface area (Å²) in [6, 6.07) is 10.2. The zero-order chi connectivity index (χ0) is 14.3. The molecule has 2 N–H and O–H groups in total. The van der Waals surface area contributed by atoms with E-state index in [1.54, 1.807) is 24.3 Å². The molecule has 3 nitrogen and oxygen atoms in total. The van der Waals surface area contributed by atoms with E-state index in [0.717, 1.165) is 11.1 Å². The van der Waals surface area contributed by atoms with Crippen LogP contribution in [-0.2, 0) is 0 Å². The first kappa shape index (κ1) is 12.4. The van der Waals surface area contributed by atoms with Crippen molar-refractivity contribution >= 4 is 16.9 Å². The fraction of sp³-hybridized carbons (Fsp3) is 0.0625. The fourth-order valence-corrected chi connectivity index (χ4v) is 2.32. The minimum Gasteiger partial charge on any atom is -0.478 e. The zero-order valence-electron chi connectivity index (χ0n) is 10.8. The van der Waals surface area contributed by atoms with Crippen molar-refractivity contribution in [2.75, 3.05) is 0 Å². The predicted molar refractivity (Wildman–Crippen MR) is 75.4 cm³/mol. The standard InChI is InChI=1S/C16H12FNO2/c1-9-2-4-11(14(17)6-9)10-3-5-15-12(7-10)13(8-18-15)16(19)20/h2-8,18H,1H3,(H,19,20). The maximum Gasteiger partial charge on any atom is 0.337 e. The Morgan fingerprint density at radius 3 is 2.70 bits per heavy atom. The zero-order valence-corrected chi connectivity index (χ0v) is 10.8. The van der Waals surface area contributed by atoms with E-state index in [1.807, 2.05) is 13.0 Å². The van der Waals surface area contributed by atoms with Crippen LogP contribution in [0.5, 0.6) is 0 Å². The molecule has 0 atom stereocenters. The van der Waals surface area contributed by atoms with Crippen LogP contribution < -0.4 is 0 Å². The molecule has 0 aliphatic carbocycles. The van der Waals surface area contributed by atoms with Crippen molar-refractivity contribution in [1.82, 2.24) is 4.98 Å². The van der Waals surface area contributed by atoms with Gasteiger partial charge in [0.2, 0.25) is 0 Å². The predicted octanol–water partition coefficient (Wildman–Crippen LogP) is 3.98. The summed E-state index contributed by atoms with van der Waals surface area (Å²) in [5, 5.41) is 9.71. The van der Waals surface area contributed by atoms with E-state index >= 15 is 0 Å². The van der Waals surface area contributed by atoms with Crippen molar-refractivity contribution in [3.05, 3.63) is 59.5 Å². The molecule has 0 radical (unpaired) electrons. The van der Waals surface area contributed by atoms with Gasteiger partial charge in [0.05, 0.1) is 5.56 Å². The number of hydrogen-bond acceptors (Lipinski definition) is 1. The molecule has 0 aliphatic rings. The summed E-state index contributed by atoms with van der Waals surface area (Å²) in [5.41, 5.74) is 2.89. The highest BCUT2D eigenvalue weighted by Crippen LogP contribution is 2.28. The SMILES string of the molecule is Cc1ccc(-c2ccc3[nH]cc(C(=O)O)c3c2)c(F)c1. The number of rotatable bonds is 2. The molecule has 0 bridgehead atoms. The van der Waals surface area contributed by atoms with Crippen LogP contribution >= 0.6 is 0 Å². The largest absolute Gasteiger partial charge is 0.478 e. The first-order chi connectivity index (χ1) is 9.56. The topological polar surface area (TPSA) is 53.1 Å². The molecule has 0 saturated heterocycles. The lowest BCUT2D eigenvalue weighted by Crippen LogP contribution is -1.94. The molecule has 100 valence electrons. The normalized spacial score (nSPS) is 10.9. The summed E-state index contributed by atoms with van der Waals surface area (Å²) in [7, 11) is 0. The third kappa shape index (κ3) is 1.95. The molecule has 3 rings (SSSR count). The van der Waals surface area contributed by atoms with Gasteiger partial charge in [0.25, 0.3) is 0 Å². The van der Waals surface area contributed by atoms with Crippen molar-refractivity contribution in [2.24, 2.45) is 0 Å². The number of nitrogens with one attached hydrogen (secondary N) is 1. The second-order valence-corrected chi connectivity index (χ2v) is 4.75. The van der Waals surface area contributed by atoms with E-state index in [-0.39, 0.29) is 11.4 Å². The number of benzene rings is 2. The van der Waals surface area contributed by atoms with Gasteiger partial charge in [-0.05, 0) is 36.2 Å². The number of aryl methyl sites for hydroxylation is 1. The Bertz CT molecular complexity index is 820. The van der Waals surface area contributed by atoms with Gasteiger partial charge in [-0.3, -0.25) is 0 Å². The van der Waals surface area contributed by atoms with Crippen LogP contribution in [0.25, 0.3) is 22.0 Å². The summed E-state index contributed by atoms with van der Waals surface area (Å²) in [5.74, 6) is -1.31. The minimum absolute atomic E-state index is 0.189. The summed E-state index contributed by atoms with van der Waals surface area (Å²) in [4.78, 5) is 14.0. The number of fused-ring (bicyclic) bond motifs is 1. The highest BCUT2D eigenvalue weighted by molar-refractivity contribution is 6.04. The second kappa shape index (κ2) is 4.49. The second-order valence-electron chi connectivity index (χ2n) is 4.75. The molecular weight excluding hydrogens is 257 g/mol. The molecule has 2 aromatic carbocycles. The van der Waals surface area contributed by atoms with Crippen molar-refractivity contribution < 1.29 is 14.3 Å². The third-order valence-electron chi connectivity index (χ3n) is 3.35. The van der Waals surface area contributed by atoms with Gasteiger partial charge in [-0.1, -0.05) is 18.2 Å². The Kier molecular flexibility index (Phi) is 2.79. The molecule has 0 fully saturated rings. The highest BCUT2D eigenvalue weighted by Gasteiger charge is 2.12. The monoisotopic (exact) mass is 269 g/mol. The Balaban J connectivity index is 2.21. The van der Waals surface area contributed by atoms with Crippen LogP contribution in [0.1, 0.15) is 15.9 Å². The van der Waals surface area contributed by atoms with Crippen LogP contribution in [0.15, 0.2) is 42.6 Å². The van der Waals surface area contributed by atoms with Crippen molar-refractivity contribution in [2.45, 2.75) is 6.92 Å². The number of carboxylic acids is 1. The van der Waals surface area contributed by atoms with Gasteiger partial charge >= 0.3 is 5.97 Å². The third-order valence-corrected chi connectivity index (χ3v) is 3.35. The summed E-state index contributed by atoms with van der Waals surface area (Å²) in [6.07, 6.45) is 1.45. The number of aromatic nitrogens is 1. The molecule has 1 heterocycles. The van der Waals surface area contributed by atoms with Crippen molar-refractivity contribution in [3.8, 4) is 11.1 Å². The lowest BCUT2D eigenvalue weighted by molar-refractivity contribution is 0.0699. The van der Waals surface area contributed by atoms with Gasteiger partial charge in [0.1, 0.15) is 5.82 Å². The van der Waals surface area contributed by atoms with Gasteiger partial charge in [-0.15, -0.1) is 0 Å². The summed E-state index contributed by atoms with van der Waals surface area (Å²) < 4.78 is 14.0. The summed E-state index contributed by atoms with van der Waals surface area (Å²) in [6.45, 7) is 1.82. The van der Waals surface area contributed by atoms with Crippen molar-refractivity contribution in [3.63, 3.8) is 0 Å². The Hall–Kier alpha value is -2.62. The highest BCUT2D eigenvalue weighted by atomic mass is 19.1. The van der Waals surface area contributed by atoms with Gasteiger partial charge < -0.3 is 10.1 Å². The van der Waals surface area contributed by atoms with E-state index in [4.69, 9.17) is 5.11 Å². The van der Waals surface area contributed by atoms with Gasteiger partial charge in [-0.25, -0.2) is 9.18 Å². The lowest BCUT2D eigenvalue weighted by Gasteiger charge is -2.05. The van der Waals surface area contributed by atoms with Gasteiger partial charge in [0, 0.05) is 22.7 Å². The number of H-pyrrole nitrogens is 1. The molecular formula is C16H12FNO2. The van der Waals surface area contributed by atoms with Gasteiger partial charge in [0.15, 0.2) is 0 Å². The van der Waals surface area contributed by atoms with Gasteiger partial charge in [-0.2, -0.15) is 0 Å². The van der Waals surface area contributed by atoms with Crippen molar-refractivity contribution in [1.29, 1.82) is 0 Å². The number of aromatic amines is 1. The minimum atomic E-state index is -1.00. The van der Waals surface area contributed by atoms with E-state index in [1.165, 1.54) is 12.3 Å². The fourth-order valence-electron chi connectivity index (χ4n) is 2.32. The number of halogens is 1. The first-order valence-electron chi connectivity index (χ1n) is 6.17. The number of aromatic carboxylic acids is 1. The maximum absolute atomic E-state index is 14.0.